The van der Waals surface area contributed by atoms with Crippen LogP contribution < -0.4 is 0 Å². The molecular weight excluding hydrogens is 144 g/mol. The van der Waals surface area contributed by atoms with Gasteiger partial charge in [-0.1, -0.05) is 48.6 Å². The van der Waals surface area contributed by atoms with Crippen LogP contribution in [0.25, 0.3) is 0 Å². The average Bonchev–Trinajstić information content (AvgIpc) is 2.57. The molecule has 60 valence electrons. The summed E-state index contributed by atoms with van der Waals surface area (Å²) in [7, 11) is 0. The molecule has 0 unspecified atom stereocenters. The molecule has 0 N–H and O–H groups in total. The van der Waals surface area contributed by atoms with E-state index in [9.17, 15) is 0 Å². The Kier molecular flexibility index (Phi) is 1.20. The fraction of sp³-hybridized carbons (Fsp3) is 0.333. The highest BCUT2D eigenvalue weighted by Crippen LogP contribution is 2.44. The van der Waals surface area contributed by atoms with Crippen LogP contribution in [0.2, 0.25) is 0 Å². The van der Waals surface area contributed by atoms with Crippen molar-refractivity contribution in [3.8, 4) is 0 Å². The molecule has 3 aliphatic carbocycles. The fourth-order valence-electron chi connectivity index (χ4n) is 2.63. The maximum absolute atomic E-state index is 2.36. The van der Waals surface area contributed by atoms with Gasteiger partial charge in [-0.05, 0) is 23.7 Å². The first-order chi connectivity index (χ1) is 5.95. The lowest BCUT2D eigenvalue weighted by atomic mass is 9.84. The van der Waals surface area contributed by atoms with Crippen LogP contribution in [0.5, 0.6) is 0 Å². The van der Waals surface area contributed by atoms with Crippen LogP contribution >= 0.6 is 0 Å². The van der Waals surface area contributed by atoms with Gasteiger partial charge in [0.1, 0.15) is 0 Å². The van der Waals surface area contributed by atoms with E-state index in [2.05, 4.69) is 48.6 Å². The predicted molar refractivity (Wildman–Crippen MR) is 50.5 cm³/mol. The summed E-state index contributed by atoms with van der Waals surface area (Å²) in [4.78, 5) is 0. The van der Waals surface area contributed by atoms with E-state index in [0.717, 1.165) is 5.92 Å². The molecule has 0 aromatic rings. The Morgan fingerprint density at radius 1 is 0.500 bits per heavy atom. The Labute approximate surface area is 73.0 Å². The Bertz CT molecular complexity index is 274. The first kappa shape index (κ1) is 6.47. The smallest absolute Gasteiger partial charge is 0.000461 e. The van der Waals surface area contributed by atoms with E-state index in [1.54, 1.807) is 0 Å². The molecule has 0 heteroatoms. The van der Waals surface area contributed by atoms with Gasteiger partial charge >= 0.3 is 0 Å². The highest BCUT2D eigenvalue weighted by molar-refractivity contribution is 5.31. The van der Waals surface area contributed by atoms with Crippen molar-refractivity contribution in [1.82, 2.24) is 0 Å². The molecule has 12 heavy (non-hydrogen) atoms. The minimum absolute atomic E-state index is 0.685. The average molecular weight is 156 g/mol. The van der Waals surface area contributed by atoms with E-state index in [-0.39, 0.29) is 0 Å². The lowest BCUT2D eigenvalue weighted by Crippen LogP contribution is -2.15. The maximum atomic E-state index is 2.36. The van der Waals surface area contributed by atoms with Gasteiger partial charge in [0.15, 0.2) is 0 Å². The van der Waals surface area contributed by atoms with Crippen molar-refractivity contribution in [1.29, 1.82) is 0 Å². The van der Waals surface area contributed by atoms with E-state index >= 15 is 0 Å². The minimum atomic E-state index is 0.685. The topological polar surface area (TPSA) is 0 Å². The largest absolute Gasteiger partial charge is 0.0807 e. The Hall–Kier alpha value is -1.04. The summed E-state index contributed by atoms with van der Waals surface area (Å²) in [5.74, 6) is 2.89. The molecule has 3 aliphatic rings. The van der Waals surface area contributed by atoms with Crippen LogP contribution in [0.3, 0.4) is 0 Å². The SMILES string of the molecule is C1=CC2C=CC3C=CC(C=C1)C23. The standard InChI is InChI=1S/C12H12/c1-2-4-10-6-8-11-7-5-9(3-1)12(10)11/h1-12H. The molecule has 0 aromatic heterocycles. The summed E-state index contributed by atoms with van der Waals surface area (Å²) in [5, 5.41) is 0. The predicted octanol–water partition coefficient (Wildman–Crippen LogP) is 2.72. The van der Waals surface area contributed by atoms with Crippen LogP contribution in [0.15, 0.2) is 48.6 Å². The zero-order valence-corrected chi connectivity index (χ0v) is 6.93. The molecule has 0 heterocycles. The van der Waals surface area contributed by atoms with Gasteiger partial charge in [-0.25, -0.2) is 0 Å². The fourth-order valence-corrected chi connectivity index (χ4v) is 2.63. The van der Waals surface area contributed by atoms with Gasteiger partial charge in [0.2, 0.25) is 0 Å². The number of allylic oxidation sites excluding steroid dienone is 8. The number of rotatable bonds is 0. The van der Waals surface area contributed by atoms with Crippen LogP contribution in [0.4, 0.5) is 0 Å². The third-order valence-corrected chi connectivity index (χ3v) is 3.22. The highest BCUT2D eigenvalue weighted by Gasteiger charge is 2.36. The second kappa shape index (κ2) is 2.22. The van der Waals surface area contributed by atoms with Crippen LogP contribution in [0, 0.1) is 23.7 Å². The van der Waals surface area contributed by atoms with Gasteiger partial charge in [0.05, 0.1) is 0 Å². The van der Waals surface area contributed by atoms with Crippen molar-refractivity contribution < 1.29 is 0 Å². The van der Waals surface area contributed by atoms with E-state index in [4.69, 9.17) is 0 Å². The van der Waals surface area contributed by atoms with Crippen LogP contribution in [-0.2, 0) is 0 Å². The zero-order valence-electron chi connectivity index (χ0n) is 6.93. The summed E-state index contributed by atoms with van der Waals surface area (Å²) < 4.78 is 0. The molecule has 0 nitrogen and oxygen atoms in total. The van der Waals surface area contributed by atoms with Gasteiger partial charge in [-0.15, -0.1) is 0 Å². The lowest BCUT2D eigenvalue weighted by molar-refractivity contribution is 0.393. The third kappa shape index (κ3) is 0.726. The van der Waals surface area contributed by atoms with Crippen molar-refractivity contribution in [3.63, 3.8) is 0 Å². The summed E-state index contributed by atoms with van der Waals surface area (Å²) in [6.07, 6.45) is 18.4. The van der Waals surface area contributed by atoms with Crippen molar-refractivity contribution in [2.75, 3.05) is 0 Å². The molecule has 3 rings (SSSR count). The first-order valence-electron chi connectivity index (χ1n) is 4.67. The monoisotopic (exact) mass is 156 g/mol. The van der Waals surface area contributed by atoms with Gasteiger partial charge in [-0.2, -0.15) is 0 Å². The zero-order chi connectivity index (χ0) is 7.97. The van der Waals surface area contributed by atoms with Gasteiger partial charge in [0.25, 0.3) is 0 Å². The molecule has 0 spiro atoms. The lowest BCUT2D eigenvalue weighted by Gasteiger charge is -2.19. The first-order valence-corrected chi connectivity index (χ1v) is 4.67. The molecular formula is C12H12. The number of hydrogen-bond donors (Lipinski definition) is 0. The highest BCUT2D eigenvalue weighted by atomic mass is 14.4. The molecule has 0 fully saturated rings. The Morgan fingerprint density at radius 2 is 0.917 bits per heavy atom. The molecule has 0 atom stereocenters. The third-order valence-electron chi connectivity index (χ3n) is 3.22. The van der Waals surface area contributed by atoms with Crippen LogP contribution in [-0.4, -0.2) is 0 Å². The maximum Gasteiger partial charge on any atom is -0.000461 e. The Morgan fingerprint density at radius 3 is 1.42 bits per heavy atom. The molecule has 0 saturated carbocycles. The molecule has 0 amide bonds. The van der Waals surface area contributed by atoms with E-state index in [0.29, 0.717) is 17.8 Å². The molecule has 0 saturated heterocycles. The van der Waals surface area contributed by atoms with Gasteiger partial charge < -0.3 is 0 Å². The molecule has 0 radical (unpaired) electrons. The normalized spacial score (nSPS) is 46.7. The van der Waals surface area contributed by atoms with Crippen molar-refractivity contribution in [2.24, 2.45) is 23.7 Å². The second-order valence-electron chi connectivity index (χ2n) is 3.85. The van der Waals surface area contributed by atoms with Gasteiger partial charge in [0, 0.05) is 0 Å². The van der Waals surface area contributed by atoms with E-state index in [1.165, 1.54) is 0 Å². The van der Waals surface area contributed by atoms with Crippen molar-refractivity contribution in [2.45, 2.75) is 0 Å². The van der Waals surface area contributed by atoms with E-state index < -0.39 is 0 Å². The van der Waals surface area contributed by atoms with Crippen molar-refractivity contribution in [3.05, 3.63) is 48.6 Å². The van der Waals surface area contributed by atoms with Crippen LogP contribution in [0.1, 0.15) is 0 Å². The summed E-state index contributed by atoms with van der Waals surface area (Å²) in [6.45, 7) is 0. The minimum Gasteiger partial charge on any atom is -0.0807 e. The Balaban J connectivity index is 2.06. The molecule has 0 aliphatic heterocycles. The summed E-state index contributed by atoms with van der Waals surface area (Å²) in [5.41, 5.74) is 0. The summed E-state index contributed by atoms with van der Waals surface area (Å²) in [6, 6.07) is 0. The molecule has 0 aromatic carbocycles. The number of hydrogen-bond acceptors (Lipinski definition) is 0. The quantitative estimate of drug-likeness (QED) is 0.473. The van der Waals surface area contributed by atoms with E-state index in [1.807, 2.05) is 0 Å². The summed E-state index contributed by atoms with van der Waals surface area (Å²) >= 11 is 0. The second-order valence-corrected chi connectivity index (χ2v) is 3.85. The van der Waals surface area contributed by atoms with Gasteiger partial charge in [-0.3, -0.25) is 0 Å². The molecule has 0 bridgehead atoms. The van der Waals surface area contributed by atoms with Crippen molar-refractivity contribution >= 4 is 0 Å².